The molecule has 0 aromatic heterocycles. The Morgan fingerprint density at radius 3 is 2.36 bits per heavy atom. The van der Waals surface area contributed by atoms with E-state index in [-0.39, 0.29) is 5.60 Å². The molecule has 0 spiro atoms. The highest BCUT2D eigenvalue weighted by atomic mass is 16.5. The normalized spacial score (nSPS) is 14.4. The molecule has 14 heavy (non-hydrogen) atoms. The van der Waals surface area contributed by atoms with Gasteiger partial charge in [-0.05, 0) is 40.2 Å². The van der Waals surface area contributed by atoms with Crippen LogP contribution in [0.2, 0.25) is 0 Å². The van der Waals surface area contributed by atoms with Crippen molar-refractivity contribution >= 4 is 0 Å². The fourth-order valence-corrected chi connectivity index (χ4v) is 1.62. The summed E-state index contributed by atoms with van der Waals surface area (Å²) in [6, 6.07) is 0. The Labute approximate surface area is 89.4 Å². The van der Waals surface area contributed by atoms with Crippen molar-refractivity contribution in [3.05, 3.63) is 0 Å². The van der Waals surface area contributed by atoms with Gasteiger partial charge in [0, 0.05) is 6.54 Å². The molecule has 0 heterocycles. The molecule has 1 N–H and O–H groups in total. The Bertz CT molecular complexity index is 134. The SMILES string of the molecule is CCCNCC(C)(C)OC(C)CCC. The lowest BCUT2D eigenvalue weighted by Crippen LogP contribution is -2.40. The maximum absolute atomic E-state index is 5.96. The first kappa shape index (κ1) is 13.9. The Kier molecular flexibility index (Phi) is 7.20. The summed E-state index contributed by atoms with van der Waals surface area (Å²) in [6.45, 7) is 12.9. The quantitative estimate of drug-likeness (QED) is 0.610. The standard InChI is InChI=1S/C12H27NO/c1-6-8-11(3)14-12(4,5)10-13-9-7-2/h11,13H,6-10H2,1-5H3. The molecule has 0 bridgehead atoms. The number of nitrogens with one attached hydrogen (secondary N) is 1. The molecule has 2 heteroatoms. The molecule has 86 valence electrons. The smallest absolute Gasteiger partial charge is 0.0753 e. The summed E-state index contributed by atoms with van der Waals surface area (Å²) in [4.78, 5) is 0. The zero-order valence-corrected chi connectivity index (χ0v) is 10.5. The lowest BCUT2D eigenvalue weighted by molar-refractivity contribution is -0.0646. The van der Waals surface area contributed by atoms with E-state index in [2.05, 4.69) is 39.9 Å². The maximum Gasteiger partial charge on any atom is 0.0753 e. The van der Waals surface area contributed by atoms with Crippen molar-refractivity contribution in [2.45, 2.75) is 65.6 Å². The lowest BCUT2D eigenvalue weighted by Gasteiger charge is -2.29. The first-order valence-corrected chi connectivity index (χ1v) is 5.90. The zero-order chi connectivity index (χ0) is 11.0. The van der Waals surface area contributed by atoms with Gasteiger partial charge < -0.3 is 10.1 Å². The van der Waals surface area contributed by atoms with E-state index < -0.39 is 0 Å². The molecule has 2 nitrogen and oxygen atoms in total. The number of hydrogen-bond acceptors (Lipinski definition) is 2. The highest BCUT2D eigenvalue weighted by Crippen LogP contribution is 2.14. The molecule has 0 aliphatic carbocycles. The van der Waals surface area contributed by atoms with Gasteiger partial charge in [0.05, 0.1) is 11.7 Å². The van der Waals surface area contributed by atoms with Gasteiger partial charge in [-0.3, -0.25) is 0 Å². The molecule has 0 aromatic rings. The summed E-state index contributed by atoms with van der Waals surface area (Å²) in [5, 5.41) is 3.40. The maximum atomic E-state index is 5.96. The van der Waals surface area contributed by atoms with Gasteiger partial charge in [-0.25, -0.2) is 0 Å². The van der Waals surface area contributed by atoms with Gasteiger partial charge in [-0.15, -0.1) is 0 Å². The van der Waals surface area contributed by atoms with Gasteiger partial charge in [-0.2, -0.15) is 0 Å². The number of hydrogen-bond donors (Lipinski definition) is 1. The van der Waals surface area contributed by atoms with E-state index in [9.17, 15) is 0 Å². The Morgan fingerprint density at radius 1 is 1.21 bits per heavy atom. The lowest BCUT2D eigenvalue weighted by atomic mass is 10.1. The molecular formula is C12H27NO. The Balaban J connectivity index is 3.69. The number of ether oxygens (including phenoxy) is 1. The van der Waals surface area contributed by atoms with Gasteiger partial charge in [0.1, 0.15) is 0 Å². The third-order valence-electron chi connectivity index (χ3n) is 2.19. The Morgan fingerprint density at radius 2 is 1.86 bits per heavy atom. The van der Waals surface area contributed by atoms with Crippen LogP contribution >= 0.6 is 0 Å². The van der Waals surface area contributed by atoms with Crippen LogP contribution in [0.4, 0.5) is 0 Å². The molecule has 0 fully saturated rings. The number of rotatable bonds is 8. The van der Waals surface area contributed by atoms with Crippen molar-refractivity contribution < 1.29 is 4.74 Å². The van der Waals surface area contributed by atoms with E-state index in [0.29, 0.717) is 6.10 Å². The molecule has 0 saturated carbocycles. The molecule has 0 radical (unpaired) electrons. The van der Waals surface area contributed by atoms with Crippen LogP contribution < -0.4 is 5.32 Å². The third kappa shape index (κ3) is 7.34. The van der Waals surface area contributed by atoms with Crippen LogP contribution in [0.25, 0.3) is 0 Å². The predicted molar refractivity (Wildman–Crippen MR) is 62.7 cm³/mol. The topological polar surface area (TPSA) is 21.3 Å². The molecule has 0 aromatic carbocycles. The average Bonchev–Trinajstić information content (AvgIpc) is 2.03. The first-order chi connectivity index (χ1) is 6.52. The summed E-state index contributed by atoms with van der Waals surface area (Å²) < 4.78 is 5.96. The minimum atomic E-state index is -0.0379. The summed E-state index contributed by atoms with van der Waals surface area (Å²) in [5.74, 6) is 0. The molecule has 1 unspecified atom stereocenters. The van der Waals surface area contributed by atoms with E-state index in [1.807, 2.05) is 0 Å². The second-order valence-corrected chi connectivity index (χ2v) is 4.65. The molecule has 0 saturated heterocycles. The van der Waals surface area contributed by atoms with Crippen molar-refractivity contribution in [3.8, 4) is 0 Å². The fourth-order valence-electron chi connectivity index (χ4n) is 1.62. The van der Waals surface area contributed by atoms with Crippen LogP contribution in [0.1, 0.15) is 53.9 Å². The van der Waals surface area contributed by atoms with E-state index in [1.54, 1.807) is 0 Å². The van der Waals surface area contributed by atoms with Crippen molar-refractivity contribution in [2.24, 2.45) is 0 Å². The molecule has 0 amide bonds. The van der Waals surface area contributed by atoms with Gasteiger partial charge in [0.15, 0.2) is 0 Å². The first-order valence-electron chi connectivity index (χ1n) is 5.90. The third-order valence-corrected chi connectivity index (χ3v) is 2.19. The van der Waals surface area contributed by atoms with E-state index in [4.69, 9.17) is 4.74 Å². The molecule has 1 atom stereocenters. The molecule has 0 rings (SSSR count). The van der Waals surface area contributed by atoms with Gasteiger partial charge in [0.2, 0.25) is 0 Å². The highest BCUT2D eigenvalue weighted by Gasteiger charge is 2.20. The van der Waals surface area contributed by atoms with Crippen molar-refractivity contribution in [1.29, 1.82) is 0 Å². The van der Waals surface area contributed by atoms with Crippen LogP contribution in [-0.2, 0) is 4.74 Å². The summed E-state index contributed by atoms with van der Waals surface area (Å²) in [5.41, 5.74) is -0.0379. The van der Waals surface area contributed by atoms with Gasteiger partial charge in [0.25, 0.3) is 0 Å². The monoisotopic (exact) mass is 201 g/mol. The second kappa shape index (κ2) is 7.24. The van der Waals surface area contributed by atoms with Crippen molar-refractivity contribution in [2.75, 3.05) is 13.1 Å². The van der Waals surface area contributed by atoms with Crippen molar-refractivity contribution in [1.82, 2.24) is 5.32 Å². The molecule has 0 aliphatic heterocycles. The van der Waals surface area contributed by atoms with Crippen LogP contribution in [0, 0.1) is 0 Å². The van der Waals surface area contributed by atoms with E-state index >= 15 is 0 Å². The Hall–Kier alpha value is -0.0800. The predicted octanol–water partition coefficient (Wildman–Crippen LogP) is 2.97. The average molecular weight is 201 g/mol. The largest absolute Gasteiger partial charge is 0.371 e. The minimum Gasteiger partial charge on any atom is -0.371 e. The van der Waals surface area contributed by atoms with Crippen LogP contribution in [-0.4, -0.2) is 24.8 Å². The van der Waals surface area contributed by atoms with Crippen LogP contribution in [0.15, 0.2) is 0 Å². The summed E-state index contributed by atoms with van der Waals surface area (Å²) >= 11 is 0. The van der Waals surface area contributed by atoms with Gasteiger partial charge in [-0.1, -0.05) is 20.3 Å². The van der Waals surface area contributed by atoms with Crippen LogP contribution in [0.3, 0.4) is 0 Å². The summed E-state index contributed by atoms with van der Waals surface area (Å²) in [6.07, 6.45) is 3.90. The van der Waals surface area contributed by atoms with E-state index in [1.165, 1.54) is 12.8 Å². The molecule has 0 aliphatic rings. The fraction of sp³-hybridized carbons (Fsp3) is 1.00. The molecular weight excluding hydrogens is 174 g/mol. The van der Waals surface area contributed by atoms with Crippen LogP contribution in [0.5, 0.6) is 0 Å². The summed E-state index contributed by atoms with van der Waals surface area (Å²) in [7, 11) is 0. The second-order valence-electron chi connectivity index (χ2n) is 4.65. The van der Waals surface area contributed by atoms with E-state index in [0.717, 1.165) is 19.5 Å². The van der Waals surface area contributed by atoms with Gasteiger partial charge >= 0.3 is 0 Å². The van der Waals surface area contributed by atoms with Crippen molar-refractivity contribution in [3.63, 3.8) is 0 Å². The zero-order valence-electron chi connectivity index (χ0n) is 10.5. The minimum absolute atomic E-state index is 0.0379. The highest BCUT2D eigenvalue weighted by molar-refractivity contribution is 4.73.